The van der Waals surface area contributed by atoms with Gasteiger partial charge in [-0.25, -0.2) is 0 Å². The van der Waals surface area contributed by atoms with E-state index in [-0.39, 0.29) is 0 Å². The summed E-state index contributed by atoms with van der Waals surface area (Å²) in [6.45, 7) is 2.16. The van der Waals surface area contributed by atoms with Crippen molar-refractivity contribution in [1.82, 2.24) is 4.98 Å². The largest absolute Gasteiger partial charge is 0.377 e. The number of anilines is 1. The molecule has 1 aromatic carbocycles. The molecule has 0 aliphatic carbocycles. The Hall–Kier alpha value is -1.00. The summed E-state index contributed by atoms with van der Waals surface area (Å²) >= 11 is 3.44. The van der Waals surface area contributed by atoms with Gasteiger partial charge < -0.3 is 5.32 Å². The van der Waals surface area contributed by atoms with Crippen LogP contribution in [-0.2, 0) is 0 Å². The van der Waals surface area contributed by atoms with Crippen molar-refractivity contribution in [2.75, 3.05) is 11.6 Å². The van der Waals surface area contributed by atoms with Gasteiger partial charge >= 0.3 is 0 Å². The van der Waals surface area contributed by atoms with E-state index in [1.807, 2.05) is 11.7 Å². The molecule has 1 aromatic heterocycles. The van der Waals surface area contributed by atoms with Crippen molar-refractivity contribution < 1.29 is 0 Å². The highest BCUT2D eigenvalue weighted by Gasteiger charge is 2.08. The molecular formula is C12H14N2S2. The van der Waals surface area contributed by atoms with E-state index in [4.69, 9.17) is 0 Å². The van der Waals surface area contributed by atoms with E-state index < -0.39 is 0 Å². The fourth-order valence-corrected chi connectivity index (χ4v) is 2.70. The quantitative estimate of drug-likeness (QED) is 0.829. The summed E-state index contributed by atoms with van der Waals surface area (Å²) in [6, 6.07) is 8.67. The molecule has 0 saturated heterocycles. The Balaban J connectivity index is 2.14. The Morgan fingerprint density at radius 2 is 2.19 bits per heavy atom. The summed E-state index contributed by atoms with van der Waals surface area (Å²) in [7, 11) is 0. The molecule has 0 bridgehead atoms. The van der Waals surface area contributed by atoms with Crippen LogP contribution in [0.3, 0.4) is 0 Å². The van der Waals surface area contributed by atoms with Crippen molar-refractivity contribution in [3.63, 3.8) is 0 Å². The summed E-state index contributed by atoms with van der Waals surface area (Å²) in [5, 5.41) is 3.51. The lowest BCUT2D eigenvalue weighted by Gasteiger charge is -2.15. The third-order valence-electron chi connectivity index (χ3n) is 2.36. The number of aromatic nitrogens is 1. The maximum Gasteiger partial charge on any atom is 0.0795 e. The van der Waals surface area contributed by atoms with Gasteiger partial charge in [0.2, 0.25) is 0 Å². The standard InChI is InChI=1S/C12H14N2S2/c1-9(12-7-13-8-16-12)14-10-5-3-4-6-11(10)15-2/h3-9,14H,1-2H3. The fourth-order valence-electron chi connectivity index (χ4n) is 1.51. The molecule has 1 atom stereocenters. The monoisotopic (exact) mass is 250 g/mol. The van der Waals surface area contributed by atoms with E-state index in [0.717, 1.165) is 0 Å². The number of nitrogens with zero attached hydrogens (tertiary/aromatic N) is 1. The number of benzene rings is 1. The van der Waals surface area contributed by atoms with Crippen molar-refractivity contribution in [3.8, 4) is 0 Å². The highest BCUT2D eigenvalue weighted by molar-refractivity contribution is 7.98. The Morgan fingerprint density at radius 3 is 2.88 bits per heavy atom. The Bertz CT molecular complexity index is 440. The van der Waals surface area contributed by atoms with Crippen LogP contribution < -0.4 is 5.32 Å². The average molecular weight is 250 g/mol. The summed E-state index contributed by atoms with van der Waals surface area (Å²) in [6.07, 6.45) is 4.02. The fraction of sp³-hybridized carbons (Fsp3) is 0.250. The third kappa shape index (κ3) is 2.57. The summed E-state index contributed by atoms with van der Waals surface area (Å²) in [5.41, 5.74) is 3.06. The zero-order valence-electron chi connectivity index (χ0n) is 9.31. The predicted octanol–water partition coefficient (Wildman–Crippen LogP) is 4.04. The third-order valence-corrected chi connectivity index (χ3v) is 4.11. The second-order valence-electron chi connectivity index (χ2n) is 3.47. The van der Waals surface area contributed by atoms with Gasteiger partial charge in [-0.3, -0.25) is 4.98 Å². The number of nitrogens with one attached hydrogen (secondary N) is 1. The number of para-hydroxylation sites is 1. The number of thioether (sulfide) groups is 1. The normalized spacial score (nSPS) is 12.4. The van der Waals surface area contributed by atoms with Gasteiger partial charge in [-0.1, -0.05) is 12.1 Å². The van der Waals surface area contributed by atoms with Crippen molar-refractivity contribution in [2.24, 2.45) is 0 Å². The molecule has 2 nitrogen and oxygen atoms in total. The summed E-state index contributed by atoms with van der Waals surface area (Å²) in [5.74, 6) is 0. The molecule has 0 aliphatic heterocycles. The van der Waals surface area contributed by atoms with E-state index in [0.29, 0.717) is 6.04 Å². The van der Waals surface area contributed by atoms with Gasteiger partial charge in [0.1, 0.15) is 0 Å². The smallest absolute Gasteiger partial charge is 0.0795 e. The minimum atomic E-state index is 0.306. The lowest BCUT2D eigenvalue weighted by atomic mass is 10.2. The van der Waals surface area contributed by atoms with Crippen LogP contribution in [0.1, 0.15) is 17.8 Å². The molecule has 0 spiro atoms. The van der Waals surface area contributed by atoms with Crippen LogP contribution >= 0.6 is 23.1 Å². The van der Waals surface area contributed by atoms with Gasteiger partial charge in [-0.15, -0.1) is 23.1 Å². The highest BCUT2D eigenvalue weighted by atomic mass is 32.2. The molecule has 16 heavy (non-hydrogen) atoms. The van der Waals surface area contributed by atoms with Gasteiger partial charge in [0.05, 0.1) is 11.6 Å². The Kier molecular flexibility index (Phi) is 3.85. The lowest BCUT2D eigenvalue weighted by Crippen LogP contribution is -2.05. The van der Waals surface area contributed by atoms with Gasteiger partial charge in [0, 0.05) is 21.7 Å². The second kappa shape index (κ2) is 5.37. The minimum Gasteiger partial charge on any atom is -0.377 e. The summed E-state index contributed by atoms with van der Waals surface area (Å²) in [4.78, 5) is 6.64. The van der Waals surface area contributed by atoms with Crippen LogP contribution in [0, 0.1) is 0 Å². The topological polar surface area (TPSA) is 24.9 Å². The van der Waals surface area contributed by atoms with Gasteiger partial charge in [0.25, 0.3) is 0 Å². The average Bonchev–Trinajstić information content (AvgIpc) is 2.83. The molecular weight excluding hydrogens is 236 g/mol. The van der Waals surface area contributed by atoms with Crippen LogP contribution in [-0.4, -0.2) is 11.2 Å². The predicted molar refractivity (Wildman–Crippen MR) is 72.4 cm³/mol. The zero-order valence-corrected chi connectivity index (χ0v) is 10.9. The first-order valence-corrected chi connectivity index (χ1v) is 7.19. The first kappa shape index (κ1) is 11.5. The number of rotatable bonds is 4. The van der Waals surface area contributed by atoms with Crippen LogP contribution in [0.5, 0.6) is 0 Å². The molecule has 0 fully saturated rings. The van der Waals surface area contributed by atoms with E-state index in [1.54, 1.807) is 23.1 Å². The van der Waals surface area contributed by atoms with Crippen molar-refractivity contribution >= 4 is 28.8 Å². The SMILES string of the molecule is CSc1ccccc1NC(C)c1cncs1. The first-order valence-electron chi connectivity index (χ1n) is 5.09. The molecule has 0 aliphatic rings. The first-order chi connectivity index (χ1) is 7.81. The molecule has 4 heteroatoms. The molecule has 2 rings (SSSR count). The Morgan fingerprint density at radius 1 is 1.38 bits per heavy atom. The van der Waals surface area contributed by atoms with Crippen molar-refractivity contribution in [2.45, 2.75) is 17.9 Å². The minimum absolute atomic E-state index is 0.306. The van der Waals surface area contributed by atoms with Crippen LogP contribution in [0.25, 0.3) is 0 Å². The molecule has 2 aromatic rings. The second-order valence-corrected chi connectivity index (χ2v) is 5.24. The molecule has 0 radical (unpaired) electrons. The van der Waals surface area contributed by atoms with E-state index in [1.165, 1.54) is 15.5 Å². The maximum absolute atomic E-state index is 4.10. The number of thiazole rings is 1. The van der Waals surface area contributed by atoms with Crippen LogP contribution in [0.2, 0.25) is 0 Å². The van der Waals surface area contributed by atoms with E-state index in [9.17, 15) is 0 Å². The van der Waals surface area contributed by atoms with Gasteiger partial charge in [-0.05, 0) is 25.3 Å². The molecule has 0 saturated carbocycles. The number of hydrogen-bond acceptors (Lipinski definition) is 4. The van der Waals surface area contributed by atoms with Crippen molar-refractivity contribution in [3.05, 3.63) is 40.8 Å². The van der Waals surface area contributed by atoms with Gasteiger partial charge in [-0.2, -0.15) is 0 Å². The van der Waals surface area contributed by atoms with Crippen LogP contribution in [0.4, 0.5) is 5.69 Å². The summed E-state index contributed by atoms with van der Waals surface area (Å²) < 4.78 is 0. The highest BCUT2D eigenvalue weighted by Crippen LogP contribution is 2.29. The molecule has 1 N–H and O–H groups in total. The molecule has 1 unspecified atom stereocenters. The van der Waals surface area contributed by atoms with Crippen molar-refractivity contribution in [1.29, 1.82) is 0 Å². The number of hydrogen-bond donors (Lipinski definition) is 1. The van der Waals surface area contributed by atoms with E-state index in [2.05, 4.69) is 47.7 Å². The Labute approximate surface area is 104 Å². The molecule has 1 heterocycles. The van der Waals surface area contributed by atoms with E-state index >= 15 is 0 Å². The van der Waals surface area contributed by atoms with Gasteiger partial charge in [0.15, 0.2) is 0 Å². The molecule has 0 amide bonds. The van der Waals surface area contributed by atoms with Crippen LogP contribution in [0.15, 0.2) is 40.9 Å². The maximum atomic E-state index is 4.10. The molecule has 84 valence electrons. The lowest BCUT2D eigenvalue weighted by molar-refractivity contribution is 0.898. The zero-order chi connectivity index (χ0) is 11.4.